The van der Waals surface area contributed by atoms with Crippen LogP contribution in [0.25, 0.3) is 0 Å². The number of hydrogen-bond acceptors (Lipinski definition) is 1. The third kappa shape index (κ3) is 2.36. The molecule has 0 aliphatic carbocycles. The van der Waals surface area contributed by atoms with Gasteiger partial charge < -0.3 is 4.74 Å². The van der Waals surface area contributed by atoms with E-state index in [1.165, 1.54) is 0 Å². The predicted molar refractivity (Wildman–Crippen MR) is 37.4 cm³/mol. The van der Waals surface area contributed by atoms with Gasteiger partial charge in [-0.1, -0.05) is 0 Å². The highest BCUT2D eigenvalue weighted by Gasteiger charge is 2.83. The highest BCUT2D eigenvalue weighted by molar-refractivity contribution is 5.02. The van der Waals surface area contributed by atoms with Crippen LogP contribution in [-0.2, 0) is 4.74 Å². The quantitative estimate of drug-likeness (QED) is 0.701. The van der Waals surface area contributed by atoms with Crippen molar-refractivity contribution in [2.24, 2.45) is 0 Å². The standard InChI is InChI=1S/C7H6F10O/c1-2-18-4(10,3(8)9)5(11,12)6(13,14)7(15,16)17/h3H,2H2,1H3. The van der Waals surface area contributed by atoms with E-state index in [4.69, 9.17) is 0 Å². The van der Waals surface area contributed by atoms with Gasteiger partial charge in [0.2, 0.25) is 0 Å². The van der Waals surface area contributed by atoms with Gasteiger partial charge in [-0.15, -0.1) is 0 Å². The van der Waals surface area contributed by atoms with E-state index in [0.29, 0.717) is 6.92 Å². The van der Waals surface area contributed by atoms with Crippen molar-refractivity contribution in [1.82, 2.24) is 0 Å². The molecule has 11 heteroatoms. The Bertz CT molecular complexity index is 284. The van der Waals surface area contributed by atoms with Gasteiger partial charge >= 0.3 is 30.3 Å². The van der Waals surface area contributed by atoms with Crippen LogP contribution >= 0.6 is 0 Å². The van der Waals surface area contributed by atoms with Crippen LogP contribution in [0.2, 0.25) is 0 Å². The molecule has 0 aliphatic rings. The molecule has 0 saturated carbocycles. The Hall–Kier alpha value is -0.740. The van der Waals surface area contributed by atoms with Gasteiger partial charge in [0.05, 0.1) is 0 Å². The normalized spacial score (nSPS) is 18.0. The average molecular weight is 296 g/mol. The Kier molecular flexibility index (Phi) is 4.55. The van der Waals surface area contributed by atoms with Crippen molar-refractivity contribution in [1.29, 1.82) is 0 Å². The van der Waals surface area contributed by atoms with Gasteiger partial charge in [-0.3, -0.25) is 0 Å². The van der Waals surface area contributed by atoms with Crippen LogP contribution in [0.1, 0.15) is 6.92 Å². The molecule has 0 aromatic carbocycles. The van der Waals surface area contributed by atoms with Crippen LogP contribution < -0.4 is 0 Å². The van der Waals surface area contributed by atoms with Crippen molar-refractivity contribution in [3.8, 4) is 0 Å². The first kappa shape index (κ1) is 17.3. The Morgan fingerprint density at radius 1 is 0.833 bits per heavy atom. The molecule has 0 spiro atoms. The zero-order valence-electron chi connectivity index (χ0n) is 8.47. The van der Waals surface area contributed by atoms with E-state index in [-0.39, 0.29) is 0 Å². The smallest absolute Gasteiger partial charge is 0.337 e. The van der Waals surface area contributed by atoms with E-state index >= 15 is 0 Å². The molecule has 110 valence electrons. The number of halogens is 10. The minimum Gasteiger partial charge on any atom is -0.337 e. The fourth-order valence-corrected chi connectivity index (χ4v) is 0.893. The molecular formula is C7H6F10O. The SMILES string of the molecule is CCOC(F)(C(F)F)C(F)(F)C(F)(F)C(F)(F)F. The summed E-state index contributed by atoms with van der Waals surface area (Å²) in [5, 5.41) is 0. The fourth-order valence-electron chi connectivity index (χ4n) is 0.893. The van der Waals surface area contributed by atoms with E-state index in [1.807, 2.05) is 0 Å². The van der Waals surface area contributed by atoms with Crippen molar-refractivity contribution < 1.29 is 48.6 Å². The van der Waals surface area contributed by atoms with Gasteiger partial charge in [-0.25, -0.2) is 8.78 Å². The lowest BCUT2D eigenvalue weighted by Crippen LogP contribution is -2.65. The van der Waals surface area contributed by atoms with Crippen LogP contribution in [-0.4, -0.2) is 36.9 Å². The van der Waals surface area contributed by atoms with E-state index in [1.54, 1.807) is 0 Å². The summed E-state index contributed by atoms with van der Waals surface area (Å²) >= 11 is 0. The Balaban J connectivity index is 5.72. The van der Waals surface area contributed by atoms with Gasteiger partial charge in [0.1, 0.15) is 0 Å². The molecular weight excluding hydrogens is 290 g/mol. The maximum absolute atomic E-state index is 13.0. The van der Waals surface area contributed by atoms with Crippen molar-refractivity contribution in [3.63, 3.8) is 0 Å². The molecule has 0 aliphatic heterocycles. The molecule has 1 atom stereocenters. The Morgan fingerprint density at radius 3 is 1.44 bits per heavy atom. The summed E-state index contributed by atoms with van der Waals surface area (Å²) in [6.07, 6.45) is -11.8. The number of rotatable bonds is 5. The Labute approximate surface area is 93.7 Å². The van der Waals surface area contributed by atoms with Gasteiger partial charge in [0.15, 0.2) is 0 Å². The van der Waals surface area contributed by atoms with E-state index in [2.05, 4.69) is 4.74 Å². The maximum atomic E-state index is 13.0. The van der Waals surface area contributed by atoms with Crippen LogP contribution in [0.3, 0.4) is 0 Å². The largest absolute Gasteiger partial charge is 0.460 e. The highest BCUT2D eigenvalue weighted by Crippen LogP contribution is 2.54. The first-order valence-electron chi connectivity index (χ1n) is 4.19. The van der Waals surface area contributed by atoms with Crippen LogP contribution in [0.4, 0.5) is 43.9 Å². The second kappa shape index (κ2) is 4.74. The van der Waals surface area contributed by atoms with Crippen LogP contribution in [0.5, 0.6) is 0 Å². The monoisotopic (exact) mass is 296 g/mol. The predicted octanol–water partition coefficient (Wildman–Crippen LogP) is 3.79. The molecule has 1 nitrogen and oxygen atoms in total. The highest BCUT2D eigenvalue weighted by atomic mass is 19.4. The van der Waals surface area contributed by atoms with Crippen LogP contribution in [0, 0.1) is 0 Å². The van der Waals surface area contributed by atoms with Crippen molar-refractivity contribution >= 4 is 0 Å². The van der Waals surface area contributed by atoms with E-state index in [9.17, 15) is 43.9 Å². The minimum atomic E-state index is -7.01. The van der Waals surface area contributed by atoms with Crippen LogP contribution in [0.15, 0.2) is 0 Å². The van der Waals surface area contributed by atoms with Gasteiger partial charge in [0.25, 0.3) is 0 Å². The molecule has 0 saturated heterocycles. The number of hydrogen-bond donors (Lipinski definition) is 0. The molecule has 18 heavy (non-hydrogen) atoms. The summed E-state index contributed by atoms with van der Waals surface area (Å²) in [5.41, 5.74) is 0. The van der Waals surface area contributed by atoms with Gasteiger partial charge in [0, 0.05) is 6.61 Å². The fraction of sp³-hybridized carbons (Fsp3) is 1.00. The molecule has 0 rings (SSSR count). The zero-order chi connectivity index (χ0) is 15.0. The molecule has 0 radical (unpaired) electrons. The van der Waals surface area contributed by atoms with Crippen molar-refractivity contribution in [2.75, 3.05) is 6.61 Å². The molecule has 0 fully saturated rings. The summed E-state index contributed by atoms with van der Waals surface area (Å²) in [4.78, 5) is 0. The summed E-state index contributed by atoms with van der Waals surface area (Å²) in [6.45, 7) is -0.594. The topological polar surface area (TPSA) is 9.23 Å². The summed E-state index contributed by atoms with van der Waals surface area (Å²) in [7, 11) is 0. The first-order chi connectivity index (χ1) is 7.75. The van der Waals surface area contributed by atoms with Crippen molar-refractivity contribution in [2.45, 2.75) is 37.2 Å². The Morgan fingerprint density at radius 2 is 1.22 bits per heavy atom. The molecule has 0 amide bonds. The lowest BCUT2D eigenvalue weighted by Gasteiger charge is -2.37. The van der Waals surface area contributed by atoms with E-state index < -0.39 is 36.9 Å². The second-order valence-electron chi connectivity index (χ2n) is 3.03. The molecule has 0 bridgehead atoms. The zero-order valence-corrected chi connectivity index (χ0v) is 8.47. The number of alkyl halides is 10. The van der Waals surface area contributed by atoms with E-state index in [0.717, 1.165) is 0 Å². The average Bonchev–Trinajstić information content (AvgIpc) is 2.15. The second-order valence-corrected chi connectivity index (χ2v) is 3.03. The number of ether oxygens (including phenoxy) is 1. The lowest BCUT2D eigenvalue weighted by molar-refractivity contribution is -0.429. The summed E-state index contributed by atoms with van der Waals surface area (Å²) < 4.78 is 125. The third-order valence-corrected chi connectivity index (χ3v) is 1.81. The molecule has 0 heterocycles. The lowest BCUT2D eigenvalue weighted by atomic mass is 10.0. The van der Waals surface area contributed by atoms with Crippen molar-refractivity contribution in [3.05, 3.63) is 0 Å². The first-order valence-corrected chi connectivity index (χ1v) is 4.19. The maximum Gasteiger partial charge on any atom is 0.460 e. The molecule has 1 unspecified atom stereocenters. The summed E-state index contributed by atoms with van der Waals surface area (Å²) in [6, 6.07) is 0. The van der Waals surface area contributed by atoms with Gasteiger partial charge in [-0.2, -0.15) is 35.1 Å². The van der Waals surface area contributed by atoms with Gasteiger partial charge in [-0.05, 0) is 6.92 Å². The minimum absolute atomic E-state index is 0.665. The molecule has 0 aromatic rings. The molecule has 0 aromatic heterocycles. The molecule has 0 N–H and O–H groups in total. The third-order valence-electron chi connectivity index (χ3n) is 1.81. The summed E-state index contributed by atoms with van der Waals surface area (Å²) in [5.74, 6) is -19.6.